The third-order valence-corrected chi connectivity index (χ3v) is 2.45. The Labute approximate surface area is 85.5 Å². The second kappa shape index (κ2) is 4.77. The average molecular weight is 221 g/mol. The molecule has 1 aromatic heterocycles. The third-order valence-electron chi connectivity index (χ3n) is 1.69. The number of thiazole rings is 1. The SMILES string of the molecule is CN(Cc1nccs1)CC(F)(F)CN. The van der Waals surface area contributed by atoms with E-state index in [0.29, 0.717) is 6.54 Å². The van der Waals surface area contributed by atoms with Crippen molar-refractivity contribution in [3.63, 3.8) is 0 Å². The van der Waals surface area contributed by atoms with Gasteiger partial charge in [-0.3, -0.25) is 4.90 Å². The normalized spacial score (nSPS) is 12.4. The van der Waals surface area contributed by atoms with Crippen molar-refractivity contribution in [2.24, 2.45) is 5.73 Å². The van der Waals surface area contributed by atoms with Crippen molar-refractivity contribution < 1.29 is 8.78 Å². The first kappa shape index (κ1) is 11.5. The Kier molecular flexibility index (Phi) is 3.91. The van der Waals surface area contributed by atoms with Gasteiger partial charge in [-0.15, -0.1) is 11.3 Å². The first-order valence-electron chi connectivity index (χ1n) is 4.18. The van der Waals surface area contributed by atoms with Crippen molar-refractivity contribution in [3.8, 4) is 0 Å². The van der Waals surface area contributed by atoms with Crippen molar-refractivity contribution >= 4 is 11.3 Å². The van der Waals surface area contributed by atoms with Crippen LogP contribution in [0, 0.1) is 0 Å². The second-order valence-corrected chi connectivity index (χ2v) is 4.14. The highest BCUT2D eigenvalue weighted by atomic mass is 32.1. The monoisotopic (exact) mass is 221 g/mol. The summed E-state index contributed by atoms with van der Waals surface area (Å²) in [5.74, 6) is -2.81. The third kappa shape index (κ3) is 3.65. The van der Waals surface area contributed by atoms with Gasteiger partial charge in [0.15, 0.2) is 0 Å². The van der Waals surface area contributed by atoms with Crippen molar-refractivity contribution in [3.05, 3.63) is 16.6 Å². The molecule has 0 aliphatic heterocycles. The summed E-state index contributed by atoms with van der Waals surface area (Å²) in [4.78, 5) is 5.53. The molecule has 0 atom stereocenters. The molecule has 0 fully saturated rings. The highest BCUT2D eigenvalue weighted by Crippen LogP contribution is 2.14. The van der Waals surface area contributed by atoms with E-state index in [-0.39, 0.29) is 6.54 Å². The number of aromatic nitrogens is 1. The summed E-state index contributed by atoms with van der Waals surface area (Å²) in [6, 6.07) is 0. The number of nitrogens with zero attached hydrogens (tertiary/aromatic N) is 2. The molecule has 80 valence electrons. The maximum atomic E-state index is 12.8. The van der Waals surface area contributed by atoms with Crippen molar-refractivity contribution in [2.45, 2.75) is 12.5 Å². The average Bonchev–Trinajstić information content (AvgIpc) is 2.55. The molecule has 1 heterocycles. The van der Waals surface area contributed by atoms with Crippen molar-refractivity contribution in [2.75, 3.05) is 20.1 Å². The van der Waals surface area contributed by atoms with Crippen LogP contribution in [-0.2, 0) is 6.54 Å². The van der Waals surface area contributed by atoms with Gasteiger partial charge in [0.05, 0.1) is 19.6 Å². The highest BCUT2D eigenvalue weighted by molar-refractivity contribution is 7.09. The van der Waals surface area contributed by atoms with Crippen LogP contribution in [0.15, 0.2) is 11.6 Å². The first-order chi connectivity index (χ1) is 6.53. The van der Waals surface area contributed by atoms with E-state index in [1.54, 1.807) is 13.2 Å². The summed E-state index contributed by atoms with van der Waals surface area (Å²) < 4.78 is 25.7. The van der Waals surface area contributed by atoms with E-state index in [1.807, 2.05) is 5.38 Å². The Balaban J connectivity index is 2.40. The number of rotatable bonds is 5. The number of hydrogen-bond acceptors (Lipinski definition) is 4. The molecule has 0 amide bonds. The van der Waals surface area contributed by atoms with Crippen LogP contribution < -0.4 is 5.73 Å². The van der Waals surface area contributed by atoms with E-state index in [1.165, 1.54) is 16.2 Å². The number of hydrogen-bond donors (Lipinski definition) is 1. The quantitative estimate of drug-likeness (QED) is 0.811. The minimum Gasteiger partial charge on any atom is -0.325 e. The fraction of sp³-hybridized carbons (Fsp3) is 0.625. The minimum absolute atomic E-state index is 0.330. The zero-order chi connectivity index (χ0) is 10.6. The molecule has 0 aliphatic carbocycles. The van der Waals surface area contributed by atoms with Crippen molar-refractivity contribution in [1.29, 1.82) is 0 Å². The van der Waals surface area contributed by atoms with Gasteiger partial charge in [0, 0.05) is 11.6 Å². The molecule has 1 aromatic rings. The first-order valence-corrected chi connectivity index (χ1v) is 5.06. The van der Waals surface area contributed by atoms with Crippen LogP contribution in [0.2, 0.25) is 0 Å². The van der Waals surface area contributed by atoms with Gasteiger partial charge in [-0.25, -0.2) is 13.8 Å². The lowest BCUT2D eigenvalue weighted by atomic mass is 10.3. The van der Waals surface area contributed by atoms with Crippen LogP contribution in [0.4, 0.5) is 8.78 Å². The fourth-order valence-electron chi connectivity index (χ4n) is 1.08. The number of halogens is 2. The lowest BCUT2D eigenvalue weighted by Crippen LogP contribution is -2.39. The van der Waals surface area contributed by atoms with Gasteiger partial charge in [0.25, 0.3) is 5.92 Å². The summed E-state index contributed by atoms with van der Waals surface area (Å²) in [6.07, 6.45) is 1.66. The molecule has 0 aliphatic rings. The van der Waals surface area contributed by atoms with E-state index in [2.05, 4.69) is 4.98 Å². The molecule has 3 nitrogen and oxygen atoms in total. The molecule has 0 saturated heterocycles. The van der Waals surface area contributed by atoms with E-state index >= 15 is 0 Å². The zero-order valence-electron chi connectivity index (χ0n) is 7.91. The van der Waals surface area contributed by atoms with Crippen LogP contribution in [0.1, 0.15) is 5.01 Å². The molecule has 1 rings (SSSR count). The zero-order valence-corrected chi connectivity index (χ0v) is 8.73. The lowest BCUT2D eigenvalue weighted by Gasteiger charge is -2.21. The molecule has 0 aromatic carbocycles. The minimum atomic E-state index is -2.81. The smallest absolute Gasteiger partial charge is 0.272 e. The lowest BCUT2D eigenvalue weighted by molar-refractivity contribution is -0.0191. The molecule has 0 saturated carbocycles. The van der Waals surface area contributed by atoms with Gasteiger partial charge in [-0.1, -0.05) is 0 Å². The molecular formula is C8H13F2N3S. The number of alkyl halides is 2. The van der Waals surface area contributed by atoms with E-state index < -0.39 is 12.5 Å². The Morgan fingerprint density at radius 3 is 2.86 bits per heavy atom. The molecule has 0 bridgehead atoms. The Morgan fingerprint density at radius 2 is 2.36 bits per heavy atom. The van der Waals surface area contributed by atoms with Gasteiger partial charge in [0.2, 0.25) is 0 Å². The molecular weight excluding hydrogens is 208 g/mol. The standard InChI is InChI=1S/C8H13F2N3S/c1-13(6-8(9,10)5-11)4-7-12-2-3-14-7/h2-3H,4-6,11H2,1H3. The summed E-state index contributed by atoms with van der Waals surface area (Å²) in [5, 5.41) is 2.66. The molecule has 0 unspecified atom stereocenters. The van der Waals surface area contributed by atoms with E-state index in [0.717, 1.165) is 5.01 Å². The fourth-order valence-corrected chi connectivity index (χ4v) is 1.77. The maximum absolute atomic E-state index is 12.8. The molecule has 2 N–H and O–H groups in total. The molecule has 6 heteroatoms. The van der Waals surface area contributed by atoms with Gasteiger partial charge >= 0.3 is 0 Å². The Morgan fingerprint density at radius 1 is 1.64 bits per heavy atom. The van der Waals surface area contributed by atoms with E-state index in [9.17, 15) is 8.78 Å². The summed E-state index contributed by atoms with van der Waals surface area (Å²) in [6.45, 7) is -0.508. The second-order valence-electron chi connectivity index (χ2n) is 3.16. The molecule has 0 spiro atoms. The topological polar surface area (TPSA) is 42.2 Å². The Hall–Kier alpha value is -0.590. The van der Waals surface area contributed by atoms with Crippen LogP contribution >= 0.6 is 11.3 Å². The van der Waals surface area contributed by atoms with Gasteiger partial charge in [-0.2, -0.15) is 0 Å². The summed E-state index contributed by atoms with van der Waals surface area (Å²) >= 11 is 1.46. The Bertz CT molecular complexity index is 264. The van der Waals surface area contributed by atoms with Gasteiger partial charge < -0.3 is 5.73 Å². The molecule has 14 heavy (non-hydrogen) atoms. The predicted octanol–water partition coefficient (Wildman–Crippen LogP) is 1.17. The van der Waals surface area contributed by atoms with Crippen molar-refractivity contribution in [1.82, 2.24) is 9.88 Å². The van der Waals surface area contributed by atoms with Crippen LogP contribution in [0.25, 0.3) is 0 Å². The van der Waals surface area contributed by atoms with E-state index in [4.69, 9.17) is 5.73 Å². The van der Waals surface area contributed by atoms with Crippen LogP contribution in [0.5, 0.6) is 0 Å². The predicted molar refractivity (Wildman–Crippen MR) is 52.4 cm³/mol. The van der Waals surface area contributed by atoms with Crippen LogP contribution in [-0.4, -0.2) is 35.9 Å². The van der Waals surface area contributed by atoms with Gasteiger partial charge in [-0.05, 0) is 7.05 Å². The summed E-state index contributed by atoms with van der Waals surface area (Å²) in [7, 11) is 1.63. The number of nitrogens with two attached hydrogens (primary N) is 1. The highest BCUT2D eigenvalue weighted by Gasteiger charge is 2.28. The molecule has 0 radical (unpaired) electrons. The summed E-state index contributed by atoms with van der Waals surface area (Å²) in [5.41, 5.74) is 4.94. The van der Waals surface area contributed by atoms with Gasteiger partial charge in [0.1, 0.15) is 5.01 Å². The maximum Gasteiger partial charge on any atom is 0.272 e. The van der Waals surface area contributed by atoms with Crippen LogP contribution in [0.3, 0.4) is 0 Å². The largest absolute Gasteiger partial charge is 0.325 e.